The minimum Gasteiger partial charge on any atom is -0.395 e. The normalized spacial score (nSPS) is 12.4. The summed E-state index contributed by atoms with van der Waals surface area (Å²) < 4.78 is 3.64. The van der Waals surface area contributed by atoms with Crippen LogP contribution in [-0.2, 0) is 13.1 Å². The van der Waals surface area contributed by atoms with Crippen molar-refractivity contribution in [3.8, 4) is 0 Å². The molecule has 2 N–H and O–H groups in total. The number of nitrogens with zero attached hydrogens (tertiary/aromatic N) is 5. The van der Waals surface area contributed by atoms with Crippen LogP contribution in [0.1, 0.15) is 42.5 Å². The van der Waals surface area contributed by atoms with E-state index in [0.29, 0.717) is 18.7 Å². The third-order valence-electron chi connectivity index (χ3n) is 4.19. The Balaban J connectivity index is 1.81. The molecule has 3 rings (SSSR count). The molecule has 0 spiro atoms. The molecule has 8 nitrogen and oxygen atoms in total. The van der Waals surface area contributed by atoms with Crippen molar-refractivity contribution in [1.82, 2.24) is 29.6 Å². The van der Waals surface area contributed by atoms with Gasteiger partial charge >= 0.3 is 0 Å². The number of fused-ring (bicyclic) bond motifs is 1. The molecule has 0 fully saturated rings. The van der Waals surface area contributed by atoms with E-state index in [2.05, 4.69) is 20.4 Å². The zero-order chi connectivity index (χ0) is 17.8. The molecule has 0 saturated carbocycles. The molecule has 0 aliphatic carbocycles. The van der Waals surface area contributed by atoms with E-state index in [1.54, 1.807) is 23.1 Å². The molecule has 2 heterocycles. The Morgan fingerprint density at radius 3 is 2.88 bits per heavy atom. The minimum absolute atomic E-state index is 0.0456. The second-order valence-electron chi connectivity index (χ2n) is 5.73. The first-order valence-corrected chi connectivity index (χ1v) is 8.42. The first-order chi connectivity index (χ1) is 12.2. The lowest BCUT2D eigenvalue weighted by Crippen LogP contribution is -2.30. The van der Waals surface area contributed by atoms with Crippen molar-refractivity contribution in [1.29, 1.82) is 0 Å². The molecular weight excluding hydrogens is 320 g/mol. The van der Waals surface area contributed by atoms with E-state index >= 15 is 0 Å². The third kappa shape index (κ3) is 3.39. The average Bonchev–Trinajstić information content (AvgIpc) is 3.26. The van der Waals surface area contributed by atoms with Crippen molar-refractivity contribution in [2.45, 2.75) is 39.4 Å². The molecule has 1 atom stereocenters. The van der Waals surface area contributed by atoms with E-state index in [9.17, 15) is 4.79 Å². The van der Waals surface area contributed by atoms with Crippen LogP contribution < -0.4 is 5.32 Å². The summed E-state index contributed by atoms with van der Waals surface area (Å²) in [5.41, 5.74) is 2.16. The fourth-order valence-electron chi connectivity index (χ4n) is 2.87. The Morgan fingerprint density at radius 2 is 2.16 bits per heavy atom. The van der Waals surface area contributed by atoms with Gasteiger partial charge in [-0.15, -0.1) is 0 Å². The predicted octanol–water partition coefficient (Wildman–Crippen LogP) is 1.52. The Morgan fingerprint density at radius 1 is 1.32 bits per heavy atom. The van der Waals surface area contributed by atoms with Gasteiger partial charge in [0.25, 0.3) is 5.91 Å². The molecule has 0 aliphatic heterocycles. The van der Waals surface area contributed by atoms with Crippen LogP contribution in [0.25, 0.3) is 11.0 Å². The largest absolute Gasteiger partial charge is 0.395 e. The second kappa shape index (κ2) is 7.43. The van der Waals surface area contributed by atoms with Crippen molar-refractivity contribution in [2.24, 2.45) is 0 Å². The lowest BCUT2D eigenvalue weighted by Gasteiger charge is -2.17. The number of imidazole rings is 1. The number of aromatic nitrogens is 5. The SMILES string of the molecule is CC[C@@H](NC(=O)c1ccc2c(c1)ncn2CCO)c1ncnn1CC. The third-order valence-corrected chi connectivity index (χ3v) is 4.19. The molecule has 1 amide bonds. The van der Waals surface area contributed by atoms with Gasteiger partial charge in [0.2, 0.25) is 0 Å². The van der Waals surface area contributed by atoms with E-state index in [0.717, 1.165) is 23.3 Å². The van der Waals surface area contributed by atoms with Crippen molar-refractivity contribution in [2.75, 3.05) is 6.61 Å². The highest BCUT2D eigenvalue weighted by Crippen LogP contribution is 2.18. The Bertz CT molecular complexity index is 869. The lowest BCUT2D eigenvalue weighted by molar-refractivity contribution is 0.0933. The van der Waals surface area contributed by atoms with Gasteiger partial charge in [-0.25, -0.2) is 14.6 Å². The molecule has 2 aromatic heterocycles. The van der Waals surface area contributed by atoms with E-state index < -0.39 is 0 Å². The molecule has 0 radical (unpaired) electrons. The van der Waals surface area contributed by atoms with Crippen LogP contribution in [-0.4, -0.2) is 41.9 Å². The van der Waals surface area contributed by atoms with Gasteiger partial charge in [0.05, 0.1) is 30.0 Å². The number of nitrogens with one attached hydrogen (secondary N) is 1. The number of rotatable bonds is 7. The summed E-state index contributed by atoms with van der Waals surface area (Å²) in [4.78, 5) is 21.2. The number of carbonyl (C=O) groups is 1. The quantitative estimate of drug-likeness (QED) is 0.678. The molecule has 0 unspecified atom stereocenters. The molecule has 0 saturated heterocycles. The van der Waals surface area contributed by atoms with Gasteiger partial charge in [0.15, 0.2) is 0 Å². The molecule has 0 aliphatic rings. The summed E-state index contributed by atoms with van der Waals surface area (Å²) in [7, 11) is 0. The van der Waals surface area contributed by atoms with Crippen LogP contribution >= 0.6 is 0 Å². The van der Waals surface area contributed by atoms with Gasteiger partial charge in [-0.3, -0.25) is 4.79 Å². The van der Waals surface area contributed by atoms with Gasteiger partial charge in [0.1, 0.15) is 12.2 Å². The molecule has 1 aromatic carbocycles. The van der Waals surface area contributed by atoms with Crippen LogP contribution in [0.4, 0.5) is 0 Å². The fraction of sp³-hybridized carbons (Fsp3) is 0.412. The number of aliphatic hydroxyl groups is 1. The number of amides is 1. The van der Waals surface area contributed by atoms with Crippen LogP contribution in [0.3, 0.4) is 0 Å². The number of hydrogen-bond acceptors (Lipinski definition) is 5. The molecule has 0 bridgehead atoms. The topological polar surface area (TPSA) is 97.9 Å². The number of aliphatic hydroxyl groups excluding tert-OH is 1. The van der Waals surface area contributed by atoms with E-state index in [-0.39, 0.29) is 18.6 Å². The monoisotopic (exact) mass is 342 g/mol. The van der Waals surface area contributed by atoms with Crippen molar-refractivity contribution in [3.05, 3.63) is 42.2 Å². The Hall–Kier alpha value is -2.74. The summed E-state index contributed by atoms with van der Waals surface area (Å²) in [6.07, 6.45) is 3.90. The first kappa shape index (κ1) is 17.1. The maximum Gasteiger partial charge on any atom is 0.251 e. The maximum atomic E-state index is 12.6. The van der Waals surface area contributed by atoms with Gasteiger partial charge in [-0.1, -0.05) is 6.92 Å². The van der Waals surface area contributed by atoms with Crippen molar-refractivity contribution in [3.63, 3.8) is 0 Å². The van der Waals surface area contributed by atoms with Crippen molar-refractivity contribution >= 4 is 16.9 Å². The van der Waals surface area contributed by atoms with Crippen LogP contribution in [0.15, 0.2) is 30.9 Å². The predicted molar refractivity (Wildman–Crippen MR) is 93.0 cm³/mol. The second-order valence-corrected chi connectivity index (χ2v) is 5.73. The zero-order valence-electron chi connectivity index (χ0n) is 14.4. The number of hydrogen-bond donors (Lipinski definition) is 2. The van der Waals surface area contributed by atoms with Crippen LogP contribution in [0, 0.1) is 0 Å². The van der Waals surface area contributed by atoms with Crippen LogP contribution in [0.5, 0.6) is 0 Å². The highest BCUT2D eigenvalue weighted by Gasteiger charge is 2.19. The maximum absolute atomic E-state index is 12.6. The highest BCUT2D eigenvalue weighted by molar-refractivity contribution is 5.97. The summed E-state index contributed by atoms with van der Waals surface area (Å²) in [5.74, 6) is 0.586. The number of carbonyl (C=O) groups excluding carboxylic acids is 1. The van der Waals surface area contributed by atoms with E-state index in [1.165, 1.54) is 6.33 Å². The summed E-state index contributed by atoms with van der Waals surface area (Å²) >= 11 is 0. The van der Waals surface area contributed by atoms with Gasteiger partial charge < -0.3 is 15.0 Å². The fourth-order valence-corrected chi connectivity index (χ4v) is 2.87. The smallest absolute Gasteiger partial charge is 0.251 e. The molecule has 8 heteroatoms. The van der Waals surface area contributed by atoms with Gasteiger partial charge in [0, 0.05) is 18.7 Å². The first-order valence-electron chi connectivity index (χ1n) is 8.42. The Labute approximate surface area is 145 Å². The van der Waals surface area contributed by atoms with Gasteiger partial charge in [-0.2, -0.15) is 5.10 Å². The molecular formula is C17H22N6O2. The lowest BCUT2D eigenvalue weighted by atomic mass is 10.1. The number of aryl methyl sites for hydroxylation is 1. The molecule has 3 aromatic rings. The van der Waals surface area contributed by atoms with Gasteiger partial charge in [-0.05, 0) is 31.5 Å². The number of benzene rings is 1. The molecule has 25 heavy (non-hydrogen) atoms. The Kier molecular flexibility index (Phi) is 5.08. The minimum atomic E-state index is -0.197. The average molecular weight is 342 g/mol. The standard InChI is InChI=1S/C17H22N6O2/c1-3-13(16-18-10-20-23(16)4-2)21-17(25)12-5-6-15-14(9-12)19-11-22(15)7-8-24/h5-6,9-11,13,24H,3-4,7-8H2,1-2H3,(H,21,25)/t13-/m1/s1. The van der Waals surface area contributed by atoms with E-state index in [4.69, 9.17) is 5.11 Å². The molecule has 132 valence electrons. The van der Waals surface area contributed by atoms with Crippen LogP contribution in [0.2, 0.25) is 0 Å². The summed E-state index contributed by atoms with van der Waals surface area (Å²) in [5, 5.41) is 16.3. The zero-order valence-corrected chi connectivity index (χ0v) is 14.4. The summed E-state index contributed by atoms with van der Waals surface area (Å²) in [6.45, 7) is 5.22. The van der Waals surface area contributed by atoms with E-state index in [1.807, 2.05) is 24.5 Å². The summed E-state index contributed by atoms with van der Waals surface area (Å²) in [6, 6.07) is 5.18. The van der Waals surface area contributed by atoms with Crippen molar-refractivity contribution < 1.29 is 9.90 Å². The highest BCUT2D eigenvalue weighted by atomic mass is 16.3.